The van der Waals surface area contributed by atoms with Crippen LogP contribution in [0.3, 0.4) is 0 Å². The van der Waals surface area contributed by atoms with Crippen molar-refractivity contribution in [3.8, 4) is 0 Å². The van der Waals surface area contributed by atoms with E-state index in [9.17, 15) is 19.4 Å². The van der Waals surface area contributed by atoms with Gasteiger partial charge in [-0.15, -0.1) is 0 Å². The van der Waals surface area contributed by atoms with E-state index in [2.05, 4.69) is 0 Å². The van der Waals surface area contributed by atoms with Gasteiger partial charge in [-0.05, 0) is 30.5 Å². The van der Waals surface area contributed by atoms with Crippen molar-refractivity contribution in [3.05, 3.63) is 29.8 Å². The Morgan fingerprint density at radius 1 is 1.05 bits per heavy atom. The molecule has 8 heteroatoms. The second-order valence-corrected chi connectivity index (χ2v) is 6.95. The average molecular weight is 304 g/mol. The fourth-order valence-corrected chi connectivity index (χ4v) is 2.68. The molecule has 0 radical (unpaired) electrons. The lowest BCUT2D eigenvalue weighted by atomic mass is 10.1. The van der Waals surface area contributed by atoms with Crippen LogP contribution >= 0.6 is 10.2 Å². The van der Waals surface area contributed by atoms with Gasteiger partial charge in [-0.25, -0.2) is 0 Å². The molecule has 1 aromatic rings. The first-order valence-corrected chi connectivity index (χ1v) is 7.55. The lowest BCUT2D eigenvalue weighted by Gasteiger charge is -2.40. The summed E-state index contributed by atoms with van der Waals surface area (Å²) in [6.45, 7) is -0.167. The smallest absolute Gasteiger partial charge is 0.310 e. The molecule has 0 bridgehead atoms. The van der Waals surface area contributed by atoms with E-state index in [0.717, 1.165) is 12.1 Å². The van der Waals surface area contributed by atoms with Gasteiger partial charge in [-0.2, -0.15) is 0 Å². The Hall–Kier alpha value is -0.860. The van der Waals surface area contributed by atoms with E-state index >= 15 is 0 Å². The van der Waals surface area contributed by atoms with Crippen LogP contribution in [0.15, 0.2) is 29.2 Å². The van der Waals surface area contributed by atoms with Crippen LogP contribution in [0.4, 0.5) is 19.4 Å². The molecular formula is C11H13F5O2S. The summed E-state index contributed by atoms with van der Waals surface area (Å²) in [4.78, 5) is -1.90. The zero-order valence-electron chi connectivity index (χ0n) is 9.74. The molecule has 0 spiro atoms. The van der Waals surface area contributed by atoms with Crippen LogP contribution in [-0.4, -0.2) is 17.8 Å². The summed E-state index contributed by atoms with van der Waals surface area (Å²) in [5.74, 6) is 0. The van der Waals surface area contributed by atoms with Gasteiger partial charge in [0.25, 0.3) is 0 Å². The Morgan fingerprint density at radius 3 is 2.05 bits per heavy atom. The number of ether oxygens (including phenoxy) is 1. The number of benzene rings is 1. The van der Waals surface area contributed by atoms with E-state index in [1.807, 2.05) is 0 Å². The maximum atomic E-state index is 12.5. The second kappa shape index (κ2) is 3.83. The molecule has 1 aromatic carbocycles. The van der Waals surface area contributed by atoms with Crippen molar-refractivity contribution in [1.82, 2.24) is 0 Å². The molecule has 0 saturated carbocycles. The molecule has 1 saturated heterocycles. The highest BCUT2D eigenvalue weighted by molar-refractivity contribution is 8.45. The minimum Gasteiger partial charge on any atom is -0.394 e. The Bertz CT molecular complexity index is 469. The van der Waals surface area contributed by atoms with Crippen molar-refractivity contribution < 1.29 is 29.3 Å². The largest absolute Gasteiger partial charge is 0.394 e. The third-order valence-corrected chi connectivity index (χ3v) is 4.17. The van der Waals surface area contributed by atoms with E-state index in [4.69, 9.17) is 9.84 Å². The fourth-order valence-electron chi connectivity index (χ4n) is 2.02. The van der Waals surface area contributed by atoms with Crippen molar-refractivity contribution >= 4 is 10.2 Å². The van der Waals surface area contributed by atoms with Crippen molar-refractivity contribution in [3.63, 3.8) is 0 Å². The molecule has 1 fully saturated rings. The van der Waals surface area contributed by atoms with Crippen molar-refractivity contribution in [2.45, 2.75) is 29.9 Å². The molecular weight excluding hydrogens is 291 g/mol. The lowest BCUT2D eigenvalue weighted by molar-refractivity contribution is 0.0109. The summed E-state index contributed by atoms with van der Waals surface area (Å²) >= 11 is 0. The van der Waals surface area contributed by atoms with Crippen LogP contribution in [-0.2, 0) is 4.74 Å². The van der Waals surface area contributed by atoms with E-state index in [0.29, 0.717) is 30.5 Å². The number of hydrogen-bond donors (Lipinski definition) is 1. The van der Waals surface area contributed by atoms with Crippen LogP contribution < -0.4 is 0 Å². The molecule has 0 amide bonds. The van der Waals surface area contributed by atoms with E-state index in [1.54, 1.807) is 0 Å². The minimum absolute atomic E-state index is 0.167. The highest BCUT2D eigenvalue weighted by Crippen LogP contribution is 3.02. The predicted molar refractivity (Wildman–Crippen MR) is 61.8 cm³/mol. The monoisotopic (exact) mass is 304 g/mol. The number of rotatable bonds is 3. The number of halogens is 5. The molecule has 1 heterocycles. The van der Waals surface area contributed by atoms with Gasteiger partial charge in [0.15, 0.2) is 0 Å². The minimum atomic E-state index is -9.60. The fraction of sp³-hybridized carbons (Fsp3) is 0.455. The first-order valence-electron chi connectivity index (χ1n) is 5.60. The molecule has 0 unspecified atom stereocenters. The second-order valence-electron chi connectivity index (χ2n) is 4.54. The van der Waals surface area contributed by atoms with Crippen LogP contribution in [0.2, 0.25) is 0 Å². The van der Waals surface area contributed by atoms with Gasteiger partial charge >= 0.3 is 10.2 Å². The zero-order chi connectivity index (χ0) is 14.4. The van der Waals surface area contributed by atoms with Crippen molar-refractivity contribution in [1.29, 1.82) is 0 Å². The zero-order valence-corrected chi connectivity index (χ0v) is 10.6. The molecule has 1 N–H and O–H groups in total. The molecule has 1 aliphatic heterocycles. The third kappa shape index (κ3) is 3.37. The number of aliphatic hydroxyl groups is 1. The molecule has 19 heavy (non-hydrogen) atoms. The van der Waals surface area contributed by atoms with Gasteiger partial charge in [0.1, 0.15) is 4.90 Å². The van der Waals surface area contributed by atoms with Gasteiger partial charge in [-0.1, -0.05) is 31.6 Å². The number of hydrogen-bond acceptors (Lipinski definition) is 2. The van der Waals surface area contributed by atoms with Gasteiger partial charge in [-0.3, -0.25) is 0 Å². The maximum Gasteiger partial charge on any atom is 0.310 e. The van der Waals surface area contributed by atoms with E-state index in [1.165, 1.54) is 0 Å². The molecule has 2 atom stereocenters. The summed E-state index contributed by atoms with van der Waals surface area (Å²) in [6, 6.07) is 2.76. The molecule has 110 valence electrons. The molecule has 2 nitrogen and oxygen atoms in total. The highest BCUT2D eigenvalue weighted by Gasteiger charge is 2.65. The summed E-state index contributed by atoms with van der Waals surface area (Å²) in [6.07, 6.45) is 0.330. The maximum absolute atomic E-state index is 12.5. The molecule has 1 aliphatic rings. The third-order valence-electron chi connectivity index (χ3n) is 3.01. The van der Waals surface area contributed by atoms with Crippen molar-refractivity contribution in [2.24, 2.45) is 0 Å². The van der Waals surface area contributed by atoms with Crippen molar-refractivity contribution in [2.75, 3.05) is 6.61 Å². The Labute approximate surface area is 106 Å². The van der Waals surface area contributed by atoms with Gasteiger partial charge < -0.3 is 9.84 Å². The quantitative estimate of drug-likeness (QED) is 0.830. The van der Waals surface area contributed by atoms with E-state index in [-0.39, 0.29) is 12.7 Å². The SMILES string of the molecule is OC[C@@H]1CC[C@H](c2ccc(S(F)(F)(F)(F)F)cc2)O1. The topological polar surface area (TPSA) is 29.5 Å². The lowest BCUT2D eigenvalue weighted by Crippen LogP contribution is -2.11. The Kier molecular flexibility index (Phi) is 2.93. The molecule has 0 aromatic heterocycles. The normalized spacial score (nSPS) is 27.9. The first kappa shape index (κ1) is 14.5. The van der Waals surface area contributed by atoms with Gasteiger partial charge in [0, 0.05) is 0 Å². The average Bonchev–Trinajstić information content (AvgIpc) is 2.75. The van der Waals surface area contributed by atoms with E-state index < -0.39 is 21.2 Å². The van der Waals surface area contributed by atoms with Gasteiger partial charge in [0.2, 0.25) is 0 Å². The van der Waals surface area contributed by atoms with Gasteiger partial charge in [0.05, 0.1) is 18.8 Å². The summed E-state index contributed by atoms with van der Waals surface area (Å²) in [7, 11) is -9.60. The summed E-state index contributed by atoms with van der Waals surface area (Å²) < 4.78 is 67.9. The standard InChI is InChI=1S/C11H13F5O2S/c12-19(13,14,15,16)10-4-1-8(2-5-10)11-6-3-9(7-17)18-11/h1-2,4-5,9,11,17H,3,6-7H2/t9-,11+/m0/s1. The predicted octanol–water partition coefficient (Wildman–Crippen LogP) is 4.56. The van der Waals surface area contributed by atoms with Crippen LogP contribution in [0.5, 0.6) is 0 Å². The summed E-state index contributed by atoms with van der Waals surface area (Å²) in [5.41, 5.74) is 0.404. The Balaban J connectivity index is 2.21. The Morgan fingerprint density at radius 2 is 1.63 bits per heavy atom. The first-order chi connectivity index (χ1) is 8.49. The summed E-state index contributed by atoms with van der Waals surface area (Å²) in [5, 5.41) is 8.88. The molecule has 0 aliphatic carbocycles. The number of aliphatic hydroxyl groups excluding tert-OH is 1. The molecule has 2 rings (SSSR count). The van der Waals surface area contributed by atoms with Crippen LogP contribution in [0.1, 0.15) is 24.5 Å². The van der Waals surface area contributed by atoms with Crippen LogP contribution in [0.25, 0.3) is 0 Å². The highest BCUT2D eigenvalue weighted by atomic mass is 32.5. The van der Waals surface area contributed by atoms with Crippen LogP contribution in [0, 0.1) is 0 Å².